The number of primary amides is 1. The van der Waals surface area contributed by atoms with Crippen molar-refractivity contribution in [3.63, 3.8) is 0 Å². The van der Waals surface area contributed by atoms with Crippen LogP contribution in [0.1, 0.15) is 35.3 Å². The molecular formula is C35H38N4O7+2. The lowest BCUT2D eigenvalue weighted by Gasteiger charge is -2.55. The number of nitrogens with zero attached hydrogens (tertiary/aromatic N) is 3. The number of benzene rings is 2. The van der Waals surface area contributed by atoms with Gasteiger partial charge in [0.2, 0.25) is 5.91 Å². The first-order valence-corrected chi connectivity index (χ1v) is 15.8. The summed E-state index contributed by atoms with van der Waals surface area (Å²) >= 11 is 0. The molecule has 6 aliphatic rings. The average Bonchev–Trinajstić information content (AvgIpc) is 3.44. The molecule has 4 N–H and O–H groups in total. The van der Waals surface area contributed by atoms with Crippen LogP contribution in [-0.2, 0) is 20.9 Å². The molecule has 8 rings (SSSR count). The molecule has 0 aromatic heterocycles. The zero-order valence-electron chi connectivity index (χ0n) is 26.0. The van der Waals surface area contributed by atoms with E-state index in [1.54, 1.807) is 18.2 Å². The number of carboxylic acids is 1. The quantitative estimate of drug-likeness (QED) is 0.193. The van der Waals surface area contributed by atoms with Gasteiger partial charge >= 0.3 is 5.97 Å². The summed E-state index contributed by atoms with van der Waals surface area (Å²) in [7, 11) is 0. The number of aliphatic hydroxyl groups is 1. The molecule has 2 amide bonds. The summed E-state index contributed by atoms with van der Waals surface area (Å²) in [5, 5.41) is 19.9. The van der Waals surface area contributed by atoms with Gasteiger partial charge in [0.25, 0.3) is 5.91 Å². The number of quaternary nitrogens is 2. The molecule has 3 unspecified atom stereocenters. The molecule has 4 fully saturated rings. The van der Waals surface area contributed by atoms with Gasteiger partial charge in [0, 0.05) is 33.7 Å². The van der Waals surface area contributed by atoms with Crippen LogP contribution < -0.4 is 10.5 Å². The average molecular weight is 627 g/mol. The number of piperazine rings is 3. The third kappa shape index (κ3) is 4.63. The van der Waals surface area contributed by atoms with E-state index in [1.165, 1.54) is 11.8 Å². The maximum atomic E-state index is 13.5. The van der Waals surface area contributed by atoms with E-state index < -0.39 is 29.9 Å². The Balaban J connectivity index is 1.08. The summed E-state index contributed by atoms with van der Waals surface area (Å²) in [6, 6.07) is 11.0. The van der Waals surface area contributed by atoms with Crippen LogP contribution in [0.2, 0.25) is 0 Å². The van der Waals surface area contributed by atoms with E-state index in [-0.39, 0.29) is 29.9 Å². The van der Waals surface area contributed by atoms with Crippen LogP contribution in [0.15, 0.2) is 47.7 Å². The molecule has 4 atom stereocenters. The van der Waals surface area contributed by atoms with Gasteiger partial charge in [0.15, 0.2) is 12.3 Å². The molecule has 11 heteroatoms. The molecule has 4 saturated heterocycles. The predicted octanol–water partition coefficient (Wildman–Crippen LogP) is 1.12. The van der Waals surface area contributed by atoms with Gasteiger partial charge in [-0.25, -0.2) is 4.79 Å². The molecule has 2 bridgehead atoms. The van der Waals surface area contributed by atoms with Crippen molar-refractivity contribution in [2.45, 2.75) is 32.5 Å². The monoisotopic (exact) mass is 626 g/mol. The Labute approximate surface area is 267 Å². The van der Waals surface area contributed by atoms with Crippen molar-refractivity contribution in [2.75, 3.05) is 52.4 Å². The van der Waals surface area contributed by atoms with Gasteiger partial charge in [0.05, 0.1) is 18.1 Å². The number of hydrogen-bond donors (Lipinski definition) is 3. The minimum absolute atomic E-state index is 0.0456. The second kappa shape index (κ2) is 10.8. The molecule has 0 saturated carbocycles. The van der Waals surface area contributed by atoms with Gasteiger partial charge in [-0.1, -0.05) is 43.0 Å². The molecule has 1 aliphatic carbocycles. The smallest absolute Gasteiger partial charge is 0.353 e. The number of carboxylic acid groups (broad SMARTS) is 1. The summed E-state index contributed by atoms with van der Waals surface area (Å²) in [4.78, 5) is 51.1. The maximum Gasteiger partial charge on any atom is 0.353 e. The second-order valence-corrected chi connectivity index (χ2v) is 13.6. The molecule has 0 spiro atoms. The molecule has 11 nitrogen and oxygen atoms in total. The Morgan fingerprint density at radius 3 is 2.39 bits per heavy atom. The molecule has 46 heavy (non-hydrogen) atoms. The zero-order chi connectivity index (χ0) is 32.5. The summed E-state index contributed by atoms with van der Waals surface area (Å²) in [6.45, 7) is 10.3. The Hall–Kier alpha value is -4.50. The Morgan fingerprint density at radius 1 is 1.04 bits per heavy atom. The highest BCUT2D eigenvalue weighted by Crippen LogP contribution is 2.47. The Morgan fingerprint density at radius 2 is 1.74 bits per heavy atom. The molecule has 5 heterocycles. The van der Waals surface area contributed by atoms with Crippen molar-refractivity contribution in [3.8, 4) is 28.7 Å². The summed E-state index contributed by atoms with van der Waals surface area (Å²) in [5.41, 5.74) is 9.61. The minimum Gasteiger partial charge on any atom is -0.480 e. The number of carbonyl (C=O) groups excluding carboxylic acids is 3. The largest absolute Gasteiger partial charge is 0.480 e. The first-order valence-electron chi connectivity index (χ1n) is 15.8. The minimum atomic E-state index is -1.23. The first kappa shape index (κ1) is 30.2. The van der Waals surface area contributed by atoms with Gasteiger partial charge in [-0.3, -0.25) is 14.4 Å². The van der Waals surface area contributed by atoms with E-state index in [1.807, 2.05) is 19.1 Å². The predicted molar refractivity (Wildman–Crippen MR) is 166 cm³/mol. The van der Waals surface area contributed by atoms with Crippen molar-refractivity contribution in [2.24, 2.45) is 17.6 Å². The highest BCUT2D eigenvalue weighted by atomic mass is 16.5. The molecule has 2 aromatic carbocycles. The van der Waals surface area contributed by atoms with Crippen molar-refractivity contribution >= 4 is 23.6 Å². The molecule has 0 radical (unpaired) electrons. The lowest BCUT2D eigenvalue weighted by Crippen LogP contribution is -2.75. The summed E-state index contributed by atoms with van der Waals surface area (Å²) < 4.78 is 7.81. The highest BCUT2D eigenvalue weighted by molar-refractivity contribution is 6.22. The maximum absolute atomic E-state index is 13.5. The Kier molecular flexibility index (Phi) is 7.08. The van der Waals surface area contributed by atoms with Crippen LogP contribution in [-0.4, -0.2) is 112 Å². The molecular weight excluding hydrogens is 588 g/mol. The molecule has 2 aromatic rings. The van der Waals surface area contributed by atoms with Gasteiger partial charge in [-0.05, 0) is 24.6 Å². The fraction of sp³-hybridized carbons (Fsp3) is 0.429. The fourth-order valence-electron chi connectivity index (χ4n) is 8.47. The van der Waals surface area contributed by atoms with Crippen LogP contribution in [0.4, 0.5) is 0 Å². The van der Waals surface area contributed by atoms with Gasteiger partial charge in [-0.2, -0.15) is 0 Å². The van der Waals surface area contributed by atoms with Gasteiger partial charge < -0.3 is 34.5 Å². The number of fused-ring (bicyclic) bond motifs is 7. The third-order valence-electron chi connectivity index (χ3n) is 10.9. The normalized spacial score (nSPS) is 29.4. The van der Waals surface area contributed by atoms with Crippen LogP contribution in [0, 0.1) is 23.7 Å². The van der Waals surface area contributed by atoms with E-state index in [2.05, 4.69) is 17.9 Å². The second-order valence-electron chi connectivity index (χ2n) is 13.6. The first-order chi connectivity index (χ1) is 21.9. The molecule has 5 aliphatic heterocycles. The van der Waals surface area contributed by atoms with Crippen LogP contribution in [0.25, 0.3) is 11.1 Å². The number of aliphatic carboxylic acids is 1. The van der Waals surface area contributed by atoms with E-state index in [4.69, 9.17) is 10.5 Å². The van der Waals surface area contributed by atoms with Gasteiger partial charge in [-0.15, -0.1) is 0 Å². The standard InChI is InChI=1S/C35H36N4O7/c1-20-23(32(35(44)45)37-31(20)29(21(2)40)34(37)43)6-4-16-46-27-7-3-5-25-30(27)24-9-8-22(17-26(24)33(25)42)18-38-10-13-39(14-11-38,15-12-38)19-28(36)41/h3,5,7-9,17,20-21,29,31,40H,10-16,18-19H2,1-2H3,(H-2,36,41,44,45)/p+2/t20-,21?,29?,31?,38?,39?/m0/s1. The van der Waals surface area contributed by atoms with E-state index in [0.29, 0.717) is 29.0 Å². The number of ether oxygens (including phenoxy) is 1. The summed E-state index contributed by atoms with van der Waals surface area (Å²) in [6.07, 6.45) is -0.883. The number of hydrogen-bond acceptors (Lipinski definition) is 6. The Bertz CT molecular complexity index is 1780. The topological polar surface area (TPSA) is 147 Å². The van der Waals surface area contributed by atoms with E-state index in [0.717, 1.165) is 71.5 Å². The van der Waals surface area contributed by atoms with Gasteiger partial charge in [0.1, 0.15) is 63.9 Å². The van der Waals surface area contributed by atoms with E-state index in [9.17, 15) is 29.4 Å². The van der Waals surface area contributed by atoms with Crippen LogP contribution in [0.3, 0.4) is 0 Å². The number of amides is 2. The SMILES string of the molecule is CC(O)C1C(=O)N2C(C(=O)O)=C(C#CCOc3cccc4c3-c3ccc(C[N+]56CC[N+](CC(N)=O)(CC5)CC6)cc3C4=O)[C@H](C)C12. The fourth-order valence-corrected chi connectivity index (χ4v) is 8.47. The number of aliphatic hydroxyl groups excluding tert-OH is 1. The number of carbonyl (C=O) groups is 4. The highest BCUT2D eigenvalue weighted by Gasteiger charge is 2.59. The molecule has 238 valence electrons. The van der Waals surface area contributed by atoms with Crippen LogP contribution >= 0.6 is 0 Å². The number of rotatable bonds is 8. The van der Waals surface area contributed by atoms with Crippen molar-refractivity contribution in [1.29, 1.82) is 0 Å². The van der Waals surface area contributed by atoms with E-state index >= 15 is 0 Å². The number of nitrogens with two attached hydrogens (primary N) is 1. The van der Waals surface area contributed by atoms with Crippen molar-refractivity contribution < 1.29 is 43.1 Å². The van der Waals surface area contributed by atoms with Crippen molar-refractivity contribution in [1.82, 2.24) is 4.90 Å². The lowest BCUT2D eigenvalue weighted by molar-refractivity contribution is -1.08. The number of ketones is 1. The lowest BCUT2D eigenvalue weighted by atomic mass is 9.78. The van der Waals surface area contributed by atoms with Crippen molar-refractivity contribution in [3.05, 3.63) is 64.4 Å². The van der Waals surface area contributed by atoms with Crippen LogP contribution in [0.5, 0.6) is 5.75 Å². The summed E-state index contributed by atoms with van der Waals surface area (Å²) in [5.74, 6) is 3.46. The zero-order valence-corrected chi connectivity index (χ0v) is 26.0. The third-order valence-corrected chi connectivity index (χ3v) is 10.9. The number of β-lactam (4-membered cyclic amide) rings is 1.